The van der Waals surface area contributed by atoms with E-state index in [1.165, 1.54) is 0 Å². The summed E-state index contributed by atoms with van der Waals surface area (Å²) in [6.45, 7) is 0.402. The molecule has 15 heavy (non-hydrogen) atoms. The predicted molar refractivity (Wildman–Crippen MR) is 54.2 cm³/mol. The van der Waals surface area contributed by atoms with Crippen molar-refractivity contribution in [3.63, 3.8) is 0 Å². The smallest absolute Gasteiger partial charge is 0.146 e. The molecule has 0 radical (unpaired) electrons. The summed E-state index contributed by atoms with van der Waals surface area (Å²) < 4.78 is 10.6. The first-order chi connectivity index (χ1) is 7.38. The number of hydrogen-bond acceptors (Lipinski definition) is 3. The second-order valence-corrected chi connectivity index (χ2v) is 3.00. The van der Waals surface area contributed by atoms with Gasteiger partial charge in [-0.15, -0.1) is 0 Å². The third kappa shape index (κ3) is 2.38. The first-order valence-corrected chi connectivity index (χ1v) is 4.54. The monoisotopic (exact) mass is 199 g/mol. The molecule has 0 atom stereocenters. The van der Waals surface area contributed by atoms with Gasteiger partial charge in [0.15, 0.2) is 0 Å². The van der Waals surface area contributed by atoms with Gasteiger partial charge >= 0.3 is 0 Å². The van der Waals surface area contributed by atoms with Crippen LogP contribution in [0.3, 0.4) is 0 Å². The number of nitriles is 1. The Morgan fingerprint density at radius 3 is 2.60 bits per heavy atom. The Hall–Kier alpha value is -2.21. The van der Waals surface area contributed by atoms with E-state index in [2.05, 4.69) is 0 Å². The van der Waals surface area contributed by atoms with Crippen molar-refractivity contribution in [2.24, 2.45) is 0 Å². The van der Waals surface area contributed by atoms with Crippen molar-refractivity contribution >= 4 is 0 Å². The number of rotatable bonds is 3. The van der Waals surface area contributed by atoms with Gasteiger partial charge in [0.25, 0.3) is 0 Å². The Balaban J connectivity index is 1.97. The van der Waals surface area contributed by atoms with E-state index in [-0.39, 0.29) is 0 Å². The van der Waals surface area contributed by atoms with Gasteiger partial charge in [-0.25, -0.2) is 0 Å². The fraction of sp³-hybridized carbons (Fsp3) is 0.0833. The lowest BCUT2D eigenvalue weighted by Gasteiger charge is -2.03. The third-order valence-corrected chi connectivity index (χ3v) is 1.94. The highest BCUT2D eigenvalue weighted by molar-refractivity contribution is 5.34. The Kier molecular flexibility index (Phi) is 2.70. The number of furan rings is 1. The van der Waals surface area contributed by atoms with Crippen molar-refractivity contribution in [1.29, 1.82) is 5.26 Å². The molecule has 1 heterocycles. The van der Waals surface area contributed by atoms with Crippen LogP contribution in [0.5, 0.6) is 5.75 Å². The summed E-state index contributed by atoms with van der Waals surface area (Å²) in [5.41, 5.74) is 0.625. The van der Waals surface area contributed by atoms with Gasteiger partial charge in [-0.05, 0) is 36.4 Å². The molecule has 0 bridgehead atoms. The van der Waals surface area contributed by atoms with E-state index in [4.69, 9.17) is 14.4 Å². The standard InChI is InChI=1S/C12H9NO2/c13-8-10-3-5-11(6-4-10)15-9-12-2-1-7-14-12/h1-7H,9H2. The Morgan fingerprint density at radius 1 is 1.20 bits per heavy atom. The Morgan fingerprint density at radius 2 is 2.00 bits per heavy atom. The van der Waals surface area contributed by atoms with Crippen LogP contribution in [0, 0.1) is 11.3 Å². The molecule has 1 aromatic carbocycles. The molecule has 0 saturated heterocycles. The van der Waals surface area contributed by atoms with Crippen molar-refractivity contribution in [1.82, 2.24) is 0 Å². The normalized spacial score (nSPS) is 9.53. The van der Waals surface area contributed by atoms with E-state index in [0.29, 0.717) is 12.2 Å². The van der Waals surface area contributed by atoms with E-state index in [0.717, 1.165) is 11.5 Å². The third-order valence-electron chi connectivity index (χ3n) is 1.94. The van der Waals surface area contributed by atoms with Crippen LogP contribution in [0.25, 0.3) is 0 Å². The lowest BCUT2D eigenvalue weighted by atomic mass is 10.2. The molecule has 1 aromatic heterocycles. The molecule has 0 spiro atoms. The summed E-state index contributed by atoms with van der Waals surface area (Å²) in [4.78, 5) is 0. The topological polar surface area (TPSA) is 46.2 Å². The molecule has 0 fully saturated rings. The SMILES string of the molecule is N#Cc1ccc(OCc2ccco2)cc1. The highest BCUT2D eigenvalue weighted by Crippen LogP contribution is 2.13. The van der Waals surface area contributed by atoms with Crippen molar-refractivity contribution in [3.8, 4) is 11.8 Å². The van der Waals surface area contributed by atoms with Gasteiger partial charge in [0.05, 0.1) is 17.9 Å². The molecule has 0 aliphatic heterocycles. The maximum Gasteiger partial charge on any atom is 0.146 e. The van der Waals surface area contributed by atoms with Crippen LogP contribution >= 0.6 is 0 Å². The summed E-state index contributed by atoms with van der Waals surface area (Å²) in [5, 5.41) is 8.60. The van der Waals surface area contributed by atoms with Crippen LogP contribution in [0.4, 0.5) is 0 Å². The van der Waals surface area contributed by atoms with Gasteiger partial charge in [0, 0.05) is 0 Å². The van der Waals surface area contributed by atoms with Gasteiger partial charge in [0.1, 0.15) is 18.1 Å². The van der Waals surface area contributed by atoms with Crippen LogP contribution < -0.4 is 4.74 Å². The van der Waals surface area contributed by atoms with Crippen LogP contribution in [0.15, 0.2) is 47.1 Å². The average molecular weight is 199 g/mol. The maximum atomic E-state index is 8.60. The number of nitrogens with zero attached hydrogens (tertiary/aromatic N) is 1. The van der Waals surface area contributed by atoms with Crippen LogP contribution in [0.1, 0.15) is 11.3 Å². The quantitative estimate of drug-likeness (QED) is 0.763. The van der Waals surface area contributed by atoms with Crippen molar-refractivity contribution in [3.05, 3.63) is 54.0 Å². The van der Waals surface area contributed by atoms with E-state index in [9.17, 15) is 0 Å². The van der Waals surface area contributed by atoms with Gasteiger partial charge in [0.2, 0.25) is 0 Å². The first-order valence-electron chi connectivity index (χ1n) is 4.54. The largest absolute Gasteiger partial charge is 0.486 e. The molecule has 0 saturated carbocycles. The Labute approximate surface area is 87.5 Å². The second-order valence-electron chi connectivity index (χ2n) is 3.00. The molecule has 0 unspecified atom stereocenters. The molecule has 0 aliphatic rings. The van der Waals surface area contributed by atoms with Gasteiger partial charge < -0.3 is 9.15 Å². The zero-order valence-corrected chi connectivity index (χ0v) is 8.01. The molecule has 2 aromatic rings. The molecule has 3 heteroatoms. The minimum absolute atomic E-state index is 0.402. The predicted octanol–water partition coefficient (Wildman–Crippen LogP) is 2.73. The fourth-order valence-corrected chi connectivity index (χ4v) is 1.17. The summed E-state index contributed by atoms with van der Waals surface area (Å²) in [6.07, 6.45) is 1.61. The van der Waals surface area contributed by atoms with E-state index >= 15 is 0 Å². The average Bonchev–Trinajstić information content (AvgIpc) is 2.80. The lowest BCUT2D eigenvalue weighted by Crippen LogP contribution is -1.93. The minimum atomic E-state index is 0.402. The van der Waals surface area contributed by atoms with Crippen LogP contribution in [-0.2, 0) is 6.61 Å². The number of benzene rings is 1. The summed E-state index contributed by atoms with van der Waals surface area (Å²) in [6, 6.07) is 12.7. The first kappa shape index (κ1) is 9.35. The summed E-state index contributed by atoms with van der Waals surface area (Å²) in [5.74, 6) is 1.50. The zero-order chi connectivity index (χ0) is 10.5. The van der Waals surface area contributed by atoms with Gasteiger partial charge in [-0.3, -0.25) is 0 Å². The molecular formula is C12H9NO2. The van der Waals surface area contributed by atoms with E-state index in [1.807, 2.05) is 18.2 Å². The van der Waals surface area contributed by atoms with E-state index in [1.54, 1.807) is 30.5 Å². The molecule has 0 amide bonds. The van der Waals surface area contributed by atoms with Gasteiger partial charge in [-0.1, -0.05) is 0 Å². The number of hydrogen-bond donors (Lipinski definition) is 0. The second kappa shape index (κ2) is 4.34. The molecule has 2 rings (SSSR count). The lowest BCUT2D eigenvalue weighted by molar-refractivity contribution is 0.270. The fourth-order valence-electron chi connectivity index (χ4n) is 1.17. The maximum absolute atomic E-state index is 8.60. The molecular weight excluding hydrogens is 190 g/mol. The molecule has 74 valence electrons. The Bertz CT molecular complexity index is 451. The number of ether oxygens (including phenoxy) is 1. The van der Waals surface area contributed by atoms with Crippen molar-refractivity contribution < 1.29 is 9.15 Å². The minimum Gasteiger partial charge on any atom is -0.486 e. The van der Waals surface area contributed by atoms with Crippen molar-refractivity contribution in [2.45, 2.75) is 6.61 Å². The molecule has 0 aliphatic carbocycles. The molecule has 0 N–H and O–H groups in total. The zero-order valence-electron chi connectivity index (χ0n) is 8.01. The van der Waals surface area contributed by atoms with Crippen molar-refractivity contribution in [2.75, 3.05) is 0 Å². The van der Waals surface area contributed by atoms with Crippen LogP contribution in [-0.4, -0.2) is 0 Å². The molecule has 3 nitrogen and oxygen atoms in total. The highest BCUT2D eigenvalue weighted by atomic mass is 16.5. The highest BCUT2D eigenvalue weighted by Gasteiger charge is 1.97. The summed E-state index contributed by atoms with van der Waals surface area (Å²) in [7, 11) is 0. The summed E-state index contributed by atoms with van der Waals surface area (Å²) >= 11 is 0. The van der Waals surface area contributed by atoms with Gasteiger partial charge in [-0.2, -0.15) is 5.26 Å². The van der Waals surface area contributed by atoms with Crippen LogP contribution in [0.2, 0.25) is 0 Å². The van der Waals surface area contributed by atoms with E-state index < -0.39 is 0 Å².